The van der Waals surface area contributed by atoms with Gasteiger partial charge in [-0.3, -0.25) is 4.79 Å². The van der Waals surface area contributed by atoms with Gasteiger partial charge in [-0.2, -0.15) is 0 Å². The van der Waals surface area contributed by atoms with Crippen molar-refractivity contribution in [1.29, 1.82) is 0 Å². The second-order valence-electron chi connectivity index (χ2n) is 10.4. The number of aryl methyl sites for hydroxylation is 4. The van der Waals surface area contributed by atoms with Crippen molar-refractivity contribution in [3.8, 4) is 11.5 Å². The molecule has 0 atom stereocenters. The lowest BCUT2D eigenvalue weighted by molar-refractivity contribution is 0.103. The van der Waals surface area contributed by atoms with E-state index in [0.29, 0.717) is 0 Å². The summed E-state index contributed by atoms with van der Waals surface area (Å²) in [6.07, 6.45) is 16.2. The molecule has 200 valence electrons. The number of unbranched alkanes of at least 4 members (excludes halogenated alkanes) is 8. The van der Waals surface area contributed by atoms with E-state index >= 15 is 0 Å². The third-order valence-electron chi connectivity index (χ3n) is 7.23. The Bertz CT molecular complexity index is 806. The van der Waals surface area contributed by atoms with Crippen LogP contribution in [0.4, 0.5) is 0 Å². The van der Waals surface area contributed by atoms with E-state index in [-0.39, 0.29) is 17.3 Å². The first-order valence-corrected chi connectivity index (χ1v) is 14.7. The molecule has 36 heavy (non-hydrogen) atoms. The summed E-state index contributed by atoms with van der Waals surface area (Å²) in [4.78, 5) is 14.5. The van der Waals surface area contributed by atoms with Crippen LogP contribution in [0, 0.1) is 0 Å². The van der Waals surface area contributed by atoms with Crippen LogP contribution in [0.1, 0.15) is 143 Å². The summed E-state index contributed by atoms with van der Waals surface area (Å²) in [6, 6.07) is 7.28. The Hall–Kier alpha value is -2.29. The fourth-order valence-electron chi connectivity index (χ4n) is 5.26. The minimum Gasteiger partial charge on any atom is -0.508 e. The second kappa shape index (κ2) is 16.5. The maximum atomic E-state index is 14.5. The van der Waals surface area contributed by atoms with Crippen LogP contribution in [-0.4, -0.2) is 16.0 Å². The second-order valence-corrected chi connectivity index (χ2v) is 10.4. The highest BCUT2D eigenvalue weighted by molar-refractivity contribution is 6.13. The van der Waals surface area contributed by atoms with Gasteiger partial charge in [-0.1, -0.05) is 79.1 Å². The molecule has 0 aliphatic carbocycles. The van der Waals surface area contributed by atoms with Gasteiger partial charge < -0.3 is 10.2 Å². The first-order valence-electron chi connectivity index (χ1n) is 14.7. The first kappa shape index (κ1) is 29.9. The molecule has 0 aliphatic rings. The predicted octanol–water partition coefficient (Wildman–Crippen LogP) is 9.26. The summed E-state index contributed by atoms with van der Waals surface area (Å²) in [5.41, 5.74) is 5.52. The standard InChI is InChI=1S/C33H50O3/c1-5-9-13-17-25-21-29(34)22-26(18-14-10-6-2)31(25)33(36)32-27(19-15-11-7-3)23-30(35)24-28(32)20-16-12-8-4/h21-24,34-35H,5-20H2,1-4H3. The summed E-state index contributed by atoms with van der Waals surface area (Å²) in [6.45, 7) is 8.75. The predicted molar refractivity (Wildman–Crippen MR) is 153 cm³/mol. The lowest BCUT2D eigenvalue weighted by atomic mass is 9.83. The van der Waals surface area contributed by atoms with Crippen LogP contribution >= 0.6 is 0 Å². The van der Waals surface area contributed by atoms with Gasteiger partial charge in [0.1, 0.15) is 11.5 Å². The van der Waals surface area contributed by atoms with E-state index in [1.165, 1.54) is 0 Å². The number of benzene rings is 2. The summed E-state index contributed by atoms with van der Waals surface area (Å²) >= 11 is 0. The van der Waals surface area contributed by atoms with Crippen LogP contribution in [0.25, 0.3) is 0 Å². The Morgan fingerprint density at radius 3 is 0.972 bits per heavy atom. The molecule has 0 bridgehead atoms. The number of hydrogen-bond donors (Lipinski definition) is 2. The SMILES string of the molecule is CCCCCc1cc(O)cc(CCCCC)c1C(=O)c1c(CCCCC)cc(O)cc1CCCCC. The first-order chi connectivity index (χ1) is 17.5. The highest BCUT2D eigenvalue weighted by atomic mass is 16.3. The summed E-state index contributed by atoms with van der Waals surface area (Å²) < 4.78 is 0. The van der Waals surface area contributed by atoms with E-state index in [0.717, 1.165) is 136 Å². The Labute approximate surface area is 220 Å². The third kappa shape index (κ3) is 8.98. The molecule has 0 heterocycles. The fraction of sp³-hybridized carbons (Fsp3) is 0.606. The Morgan fingerprint density at radius 1 is 0.500 bits per heavy atom. The monoisotopic (exact) mass is 494 g/mol. The van der Waals surface area contributed by atoms with E-state index < -0.39 is 0 Å². The van der Waals surface area contributed by atoms with Gasteiger partial charge in [0.05, 0.1) is 0 Å². The average Bonchev–Trinajstić information content (AvgIpc) is 2.84. The molecule has 0 saturated carbocycles. The van der Waals surface area contributed by atoms with Crippen molar-refractivity contribution in [2.75, 3.05) is 0 Å². The highest BCUT2D eigenvalue weighted by Gasteiger charge is 2.24. The molecule has 0 unspecified atom stereocenters. The van der Waals surface area contributed by atoms with Crippen LogP contribution < -0.4 is 0 Å². The van der Waals surface area contributed by atoms with Gasteiger partial charge >= 0.3 is 0 Å². The van der Waals surface area contributed by atoms with Crippen molar-refractivity contribution in [1.82, 2.24) is 0 Å². The number of phenolic OH excluding ortho intramolecular Hbond substituents is 2. The summed E-state index contributed by atoms with van der Waals surface area (Å²) in [5, 5.41) is 21.1. The number of carbonyl (C=O) groups excluding carboxylic acids is 1. The van der Waals surface area contributed by atoms with Crippen molar-refractivity contribution < 1.29 is 15.0 Å². The molecule has 0 radical (unpaired) electrons. The third-order valence-corrected chi connectivity index (χ3v) is 7.23. The van der Waals surface area contributed by atoms with Crippen molar-refractivity contribution in [3.63, 3.8) is 0 Å². The molecule has 2 aromatic rings. The number of phenols is 2. The topological polar surface area (TPSA) is 57.5 Å². The molecular formula is C33H50O3. The van der Waals surface area contributed by atoms with E-state index in [1.54, 1.807) is 0 Å². The van der Waals surface area contributed by atoms with Gasteiger partial charge in [0.2, 0.25) is 0 Å². The fourth-order valence-corrected chi connectivity index (χ4v) is 5.26. The Morgan fingerprint density at radius 2 is 0.750 bits per heavy atom. The zero-order valence-corrected chi connectivity index (χ0v) is 23.4. The van der Waals surface area contributed by atoms with Gasteiger partial charge in [0.25, 0.3) is 0 Å². The zero-order chi connectivity index (χ0) is 26.3. The lowest BCUT2D eigenvalue weighted by Gasteiger charge is -2.20. The number of rotatable bonds is 18. The van der Waals surface area contributed by atoms with Gasteiger partial charge in [-0.05, 0) is 97.9 Å². The molecule has 0 saturated heterocycles. The van der Waals surface area contributed by atoms with Crippen molar-refractivity contribution in [2.45, 2.75) is 130 Å². The number of aromatic hydroxyl groups is 2. The maximum Gasteiger partial charge on any atom is 0.194 e. The van der Waals surface area contributed by atoms with Crippen molar-refractivity contribution >= 4 is 5.78 Å². The van der Waals surface area contributed by atoms with Crippen LogP contribution in [0.3, 0.4) is 0 Å². The minimum atomic E-state index is 0.0889. The normalized spacial score (nSPS) is 11.2. The highest BCUT2D eigenvalue weighted by Crippen LogP contribution is 2.33. The van der Waals surface area contributed by atoms with Gasteiger partial charge in [-0.25, -0.2) is 0 Å². The number of ketones is 1. The molecule has 0 amide bonds. The molecule has 0 aliphatic heterocycles. The maximum absolute atomic E-state index is 14.5. The van der Waals surface area contributed by atoms with E-state index in [9.17, 15) is 15.0 Å². The molecule has 0 fully saturated rings. The Balaban J connectivity index is 2.64. The summed E-state index contributed by atoms with van der Waals surface area (Å²) in [7, 11) is 0. The quantitative estimate of drug-likeness (QED) is 0.160. The van der Waals surface area contributed by atoms with E-state index in [2.05, 4.69) is 27.7 Å². The summed E-state index contributed by atoms with van der Waals surface area (Å²) in [5.74, 6) is 0.620. The molecule has 2 N–H and O–H groups in total. The van der Waals surface area contributed by atoms with Crippen LogP contribution in [0.2, 0.25) is 0 Å². The molecule has 3 nitrogen and oxygen atoms in total. The molecule has 0 spiro atoms. The van der Waals surface area contributed by atoms with Crippen molar-refractivity contribution in [2.24, 2.45) is 0 Å². The number of hydrogen-bond acceptors (Lipinski definition) is 3. The van der Waals surface area contributed by atoms with Crippen LogP contribution in [-0.2, 0) is 25.7 Å². The molecule has 2 aromatic carbocycles. The minimum absolute atomic E-state index is 0.0889. The molecule has 0 aromatic heterocycles. The van der Waals surface area contributed by atoms with Gasteiger partial charge in [0, 0.05) is 11.1 Å². The molecular weight excluding hydrogens is 444 g/mol. The largest absolute Gasteiger partial charge is 0.508 e. The number of carbonyl (C=O) groups is 1. The Kier molecular flexibility index (Phi) is 13.7. The van der Waals surface area contributed by atoms with Gasteiger partial charge in [-0.15, -0.1) is 0 Å². The molecule has 3 heteroatoms. The molecule has 2 rings (SSSR count). The smallest absolute Gasteiger partial charge is 0.194 e. The zero-order valence-electron chi connectivity index (χ0n) is 23.4. The van der Waals surface area contributed by atoms with E-state index in [4.69, 9.17) is 0 Å². The van der Waals surface area contributed by atoms with E-state index in [1.807, 2.05) is 24.3 Å². The average molecular weight is 495 g/mol. The lowest BCUT2D eigenvalue weighted by Crippen LogP contribution is -2.15. The van der Waals surface area contributed by atoms with Gasteiger partial charge in [0.15, 0.2) is 5.78 Å². The van der Waals surface area contributed by atoms with Crippen molar-refractivity contribution in [3.05, 3.63) is 57.6 Å². The van der Waals surface area contributed by atoms with Crippen LogP contribution in [0.5, 0.6) is 11.5 Å². The van der Waals surface area contributed by atoms with Crippen LogP contribution in [0.15, 0.2) is 24.3 Å².